The summed E-state index contributed by atoms with van der Waals surface area (Å²) in [4.78, 5) is 2.53. The van der Waals surface area contributed by atoms with Gasteiger partial charge in [-0.2, -0.15) is 5.10 Å². The minimum atomic E-state index is 0.282. The maximum absolute atomic E-state index is 6.05. The Bertz CT molecular complexity index is 795. The highest BCUT2D eigenvalue weighted by Gasteiger charge is 2.21. The predicted molar refractivity (Wildman–Crippen MR) is 101 cm³/mol. The fraction of sp³-hybridized carbons (Fsp3) is 0.381. The van der Waals surface area contributed by atoms with Crippen molar-refractivity contribution in [2.75, 3.05) is 26.2 Å². The molecule has 0 saturated carbocycles. The van der Waals surface area contributed by atoms with Crippen molar-refractivity contribution in [2.45, 2.75) is 25.5 Å². The fourth-order valence-corrected chi connectivity index (χ4v) is 3.71. The van der Waals surface area contributed by atoms with Crippen LogP contribution in [0.3, 0.4) is 0 Å². The molecule has 0 bridgehead atoms. The molecule has 25 heavy (non-hydrogen) atoms. The third-order valence-electron chi connectivity index (χ3n) is 4.97. The van der Waals surface area contributed by atoms with Crippen LogP contribution in [0.5, 0.6) is 0 Å². The number of benzene rings is 2. The Morgan fingerprint density at radius 2 is 1.96 bits per heavy atom. The predicted octanol–water partition coefficient (Wildman–Crippen LogP) is 3.37. The van der Waals surface area contributed by atoms with Crippen molar-refractivity contribution in [1.82, 2.24) is 14.7 Å². The normalized spacial score (nSPS) is 18.6. The molecule has 0 spiro atoms. The molecule has 0 amide bonds. The topological polar surface area (TPSA) is 30.3 Å². The lowest BCUT2D eigenvalue weighted by Gasteiger charge is -2.33. The average molecular weight is 335 g/mol. The van der Waals surface area contributed by atoms with Crippen LogP contribution >= 0.6 is 0 Å². The zero-order chi connectivity index (χ0) is 16.9. The molecule has 2 heterocycles. The van der Waals surface area contributed by atoms with Crippen LogP contribution in [-0.2, 0) is 17.7 Å². The Hall–Kier alpha value is -2.17. The summed E-state index contributed by atoms with van der Waals surface area (Å²) in [6, 6.07) is 17.2. The Morgan fingerprint density at radius 1 is 1.04 bits per heavy atom. The van der Waals surface area contributed by atoms with Gasteiger partial charge in [-0.15, -0.1) is 0 Å². The molecule has 2 aromatic carbocycles. The highest BCUT2D eigenvalue weighted by Crippen LogP contribution is 2.21. The summed E-state index contributed by atoms with van der Waals surface area (Å²) in [6.07, 6.45) is 6.27. The van der Waals surface area contributed by atoms with E-state index < -0.39 is 0 Å². The molecule has 1 saturated heterocycles. The molecule has 1 aromatic heterocycles. The molecule has 1 aliphatic rings. The van der Waals surface area contributed by atoms with Crippen molar-refractivity contribution >= 4 is 10.8 Å². The highest BCUT2D eigenvalue weighted by molar-refractivity contribution is 5.85. The summed E-state index contributed by atoms with van der Waals surface area (Å²) in [5.74, 6) is 0. The number of rotatable bonds is 6. The quantitative estimate of drug-likeness (QED) is 0.692. The highest BCUT2D eigenvalue weighted by atomic mass is 16.5. The summed E-state index contributed by atoms with van der Waals surface area (Å²) < 4.78 is 8.06. The molecule has 3 aromatic rings. The van der Waals surface area contributed by atoms with Crippen LogP contribution in [0.4, 0.5) is 0 Å². The molecule has 0 aliphatic carbocycles. The van der Waals surface area contributed by atoms with Gasteiger partial charge in [0.25, 0.3) is 0 Å². The summed E-state index contributed by atoms with van der Waals surface area (Å²) >= 11 is 0. The van der Waals surface area contributed by atoms with Crippen molar-refractivity contribution < 1.29 is 4.74 Å². The molecule has 1 aliphatic heterocycles. The first-order chi connectivity index (χ1) is 12.4. The number of fused-ring (bicyclic) bond motifs is 1. The Balaban J connectivity index is 1.34. The first-order valence-electron chi connectivity index (χ1n) is 9.16. The molecule has 4 nitrogen and oxygen atoms in total. The van der Waals surface area contributed by atoms with Gasteiger partial charge in [0.05, 0.1) is 12.7 Å². The molecule has 130 valence electrons. The van der Waals surface area contributed by atoms with E-state index in [0.717, 1.165) is 45.6 Å². The van der Waals surface area contributed by atoms with Crippen LogP contribution in [-0.4, -0.2) is 47.0 Å². The third-order valence-corrected chi connectivity index (χ3v) is 4.97. The van der Waals surface area contributed by atoms with Crippen LogP contribution < -0.4 is 0 Å². The first-order valence-corrected chi connectivity index (χ1v) is 9.16. The number of aromatic nitrogens is 2. The summed E-state index contributed by atoms with van der Waals surface area (Å²) in [6.45, 7) is 4.97. The lowest BCUT2D eigenvalue weighted by Crippen LogP contribution is -2.43. The van der Waals surface area contributed by atoms with Crippen molar-refractivity contribution in [3.05, 3.63) is 66.5 Å². The van der Waals surface area contributed by atoms with E-state index in [0.29, 0.717) is 0 Å². The van der Waals surface area contributed by atoms with E-state index in [2.05, 4.69) is 52.5 Å². The zero-order valence-electron chi connectivity index (χ0n) is 14.6. The molecule has 4 heteroatoms. The van der Waals surface area contributed by atoms with Crippen LogP contribution in [0.15, 0.2) is 60.9 Å². The van der Waals surface area contributed by atoms with Crippen LogP contribution in [0, 0.1) is 0 Å². The van der Waals surface area contributed by atoms with Gasteiger partial charge >= 0.3 is 0 Å². The van der Waals surface area contributed by atoms with Gasteiger partial charge < -0.3 is 4.74 Å². The second kappa shape index (κ2) is 7.81. The van der Waals surface area contributed by atoms with E-state index in [1.165, 1.54) is 16.3 Å². The minimum absolute atomic E-state index is 0.282. The first kappa shape index (κ1) is 16.3. The fourth-order valence-electron chi connectivity index (χ4n) is 3.71. The number of aryl methyl sites for hydroxylation is 1. The number of hydrogen-bond acceptors (Lipinski definition) is 3. The summed E-state index contributed by atoms with van der Waals surface area (Å²) in [7, 11) is 0. The van der Waals surface area contributed by atoms with Gasteiger partial charge in [0, 0.05) is 45.0 Å². The summed E-state index contributed by atoms with van der Waals surface area (Å²) in [5.41, 5.74) is 1.39. The van der Waals surface area contributed by atoms with Crippen LogP contribution in [0.1, 0.15) is 12.0 Å². The van der Waals surface area contributed by atoms with E-state index in [-0.39, 0.29) is 6.10 Å². The lowest BCUT2D eigenvalue weighted by molar-refractivity contribution is -0.0280. The van der Waals surface area contributed by atoms with Gasteiger partial charge in [-0.1, -0.05) is 42.5 Å². The number of nitrogens with zero attached hydrogens (tertiary/aromatic N) is 3. The van der Waals surface area contributed by atoms with E-state index in [1.54, 1.807) is 0 Å². The molecule has 1 unspecified atom stereocenters. The average Bonchev–Trinajstić information content (AvgIpc) is 3.16. The van der Waals surface area contributed by atoms with Gasteiger partial charge in [0.1, 0.15) is 0 Å². The Morgan fingerprint density at radius 3 is 2.88 bits per heavy atom. The van der Waals surface area contributed by atoms with Crippen molar-refractivity contribution in [1.29, 1.82) is 0 Å². The number of hydrogen-bond donors (Lipinski definition) is 0. The third kappa shape index (κ3) is 4.09. The molecule has 1 fully saturated rings. The van der Waals surface area contributed by atoms with Gasteiger partial charge in [-0.3, -0.25) is 9.58 Å². The van der Waals surface area contributed by atoms with Gasteiger partial charge in [0.2, 0.25) is 0 Å². The summed E-state index contributed by atoms with van der Waals surface area (Å²) in [5, 5.41) is 6.94. The lowest BCUT2D eigenvalue weighted by atomic mass is 9.99. The molecular formula is C21H25N3O. The minimum Gasteiger partial charge on any atom is -0.375 e. The standard InChI is InChI=1S/C21H25N3O/c1-2-9-21-18(6-1)7-3-8-19(21)16-20-17-23(14-15-25-20)11-5-13-24-12-4-10-22-24/h1-4,6-10,12,20H,5,11,13-17H2. The van der Waals surface area contributed by atoms with Gasteiger partial charge in [0.15, 0.2) is 0 Å². The molecule has 4 rings (SSSR count). The van der Waals surface area contributed by atoms with Crippen molar-refractivity contribution in [3.8, 4) is 0 Å². The van der Waals surface area contributed by atoms with Gasteiger partial charge in [-0.25, -0.2) is 0 Å². The van der Waals surface area contributed by atoms with Gasteiger partial charge in [-0.05, 0) is 28.8 Å². The number of morpholine rings is 1. The second-order valence-electron chi connectivity index (χ2n) is 6.76. The molecule has 0 radical (unpaired) electrons. The van der Waals surface area contributed by atoms with E-state index in [9.17, 15) is 0 Å². The largest absolute Gasteiger partial charge is 0.375 e. The molecular weight excluding hydrogens is 310 g/mol. The zero-order valence-corrected chi connectivity index (χ0v) is 14.6. The van der Waals surface area contributed by atoms with Crippen LogP contribution in [0.25, 0.3) is 10.8 Å². The van der Waals surface area contributed by atoms with E-state index in [1.807, 2.05) is 23.1 Å². The smallest absolute Gasteiger partial charge is 0.0743 e. The maximum Gasteiger partial charge on any atom is 0.0743 e. The molecule has 0 N–H and O–H groups in total. The van der Waals surface area contributed by atoms with Crippen molar-refractivity contribution in [2.24, 2.45) is 0 Å². The van der Waals surface area contributed by atoms with Crippen molar-refractivity contribution in [3.63, 3.8) is 0 Å². The number of ether oxygens (including phenoxy) is 1. The maximum atomic E-state index is 6.05. The van der Waals surface area contributed by atoms with E-state index in [4.69, 9.17) is 4.74 Å². The Kier molecular flexibility index (Phi) is 5.09. The monoisotopic (exact) mass is 335 g/mol. The second-order valence-corrected chi connectivity index (χ2v) is 6.76. The Labute approximate surface area is 149 Å². The van der Waals surface area contributed by atoms with Crippen LogP contribution in [0.2, 0.25) is 0 Å². The SMILES string of the molecule is c1ccc2c(CC3CN(CCCn4cccn4)CCO3)cccc2c1. The molecule has 1 atom stereocenters. The van der Waals surface area contributed by atoms with E-state index >= 15 is 0 Å².